The summed E-state index contributed by atoms with van der Waals surface area (Å²) >= 11 is 0. The zero-order valence-electron chi connectivity index (χ0n) is 9.56. The van der Waals surface area contributed by atoms with Crippen LogP contribution in [0.1, 0.15) is 18.3 Å². The number of esters is 1. The number of hydrogen-bond acceptors (Lipinski definition) is 4. The molecule has 0 bridgehead atoms. The lowest BCUT2D eigenvalue weighted by atomic mass is 10.4. The predicted octanol–water partition coefficient (Wildman–Crippen LogP) is -0.0831. The lowest BCUT2D eigenvalue weighted by molar-refractivity contribution is -0.154. The van der Waals surface area contributed by atoms with Crippen molar-refractivity contribution in [1.82, 2.24) is 9.78 Å². The Morgan fingerprint density at radius 2 is 2.19 bits per heavy atom. The lowest BCUT2D eigenvalue weighted by Gasteiger charge is -2.10. The third-order valence-corrected chi connectivity index (χ3v) is 2.09. The van der Waals surface area contributed by atoms with Crippen LogP contribution in [0.3, 0.4) is 0 Å². The van der Waals surface area contributed by atoms with Gasteiger partial charge < -0.3 is 10.5 Å². The number of amides is 1. The fourth-order valence-electron chi connectivity index (χ4n) is 1.25. The minimum absolute atomic E-state index is 0.0166. The van der Waals surface area contributed by atoms with E-state index in [1.54, 1.807) is 0 Å². The maximum Gasteiger partial charge on any atom is 0.328 e. The Labute approximate surface area is 93.4 Å². The average Bonchev–Trinajstić information content (AvgIpc) is 2.44. The zero-order chi connectivity index (χ0) is 12.3. The molecule has 0 spiro atoms. The van der Waals surface area contributed by atoms with Crippen molar-refractivity contribution < 1.29 is 14.3 Å². The third kappa shape index (κ3) is 3.08. The Morgan fingerprint density at radius 1 is 1.56 bits per heavy atom. The molecule has 1 unspecified atom stereocenters. The Balaban J connectivity index is 2.58. The number of nitrogens with two attached hydrogens (primary N) is 1. The summed E-state index contributed by atoms with van der Waals surface area (Å²) in [7, 11) is 0. The molecule has 0 saturated heterocycles. The summed E-state index contributed by atoms with van der Waals surface area (Å²) in [4.78, 5) is 22.1. The average molecular weight is 225 g/mol. The molecule has 6 heteroatoms. The number of primary amides is 1. The first-order valence-corrected chi connectivity index (χ1v) is 4.90. The molecule has 0 aliphatic heterocycles. The number of aryl methyl sites for hydroxylation is 2. The predicted molar refractivity (Wildman–Crippen MR) is 56.4 cm³/mol. The normalized spacial score (nSPS) is 12.2. The maximum absolute atomic E-state index is 11.4. The Bertz CT molecular complexity index is 411. The fraction of sp³-hybridized carbons (Fsp3) is 0.500. The van der Waals surface area contributed by atoms with Gasteiger partial charge in [-0.25, -0.2) is 0 Å². The Kier molecular flexibility index (Phi) is 3.65. The highest BCUT2D eigenvalue weighted by Gasteiger charge is 2.15. The largest absolute Gasteiger partial charge is 0.451 e. The first kappa shape index (κ1) is 12.2. The van der Waals surface area contributed by atoms with E-state index in [2.05, 4.69) is 5.10 Å². The third-order valence-electron chi connectivity index (χ3n) is 2.09. The van der Waals surface area contributed by atoms with E-state index >= 15 is 0 Å². The lowest BCUT2D eigenvalue weighted by Crippen LogP contribution is -2.31. The number of carbonyl (C=O) groups excluding carboxylic acids is 2. The van der Waals surface area contributed by atoms with Gasteiger partial charge in [-0.3, -0.25) is 14.3 Å². The summed E-state index contributed by atoms with van der Waals surface area (Å²) in [6.45, 7) is 5.09. The number of aromatic nitrogens is 2. The molecular formula is C10H15N3O3. The second-order valence-corrected chi connectivity index (χ2v) is 3.62. The quantitative estimate of drug-likeness (QED) is 0.726. The van der Waals surface area contributed by atoms with Gasteiger partial charge in [0.2, 0.25) is 0 Å². The van der Waals surface area contributed by atoms with E-state index in [4.69, 9.17) is 10.5 Å². The van der Waals surface area contributed by atoms with Crippen molar-refractivity contribution in [2.24, 2.45) is 5.73 Å². The van der Waals surface area contributed by atoms with Gasteiger partial charge >= 0.3 is 5.97 Å². The maximum atomic E-state index is 11.4. The minimum Gasteiger partial charge on any atom is -0.451 e. The van der Waals surface area contributed by atoms with Crippen molar-refractivity contribution in [1.29, 1.82) is 0 Å². The number of carbonyl (C=O) groups is 2. The number of hydrogen-bond donors (Lipinski definition) is 1. The van der Waals surface area contributed by atoms with Crippen molar-refractivity contribution in [3.05, 3.63) is 17.5 Å². The molecule has 0 aliphatic carbocycles. The van der Waals surface area contributed by atoms with Gasteiger partial charge in [0, 0.05) is 5.69 Å². The molecule has 16 heavy (non-hydrogen) atoms. The van der Waals surface area contributed by atoms with Gasteiger partial charge in [0.1, 0.15) is 6.54 Å². The van der Waals surface area contributed by atoms with Gasteiger partial charge in [-0.2, -0.15) is 5.10 Å². The molecule has 1 heterocycles. The highest BCUT2D eigenvalue weighted by molar-refractivity contribution is 5.81. The molecule has 0 aromatic carbocycles. The molecular weight excluding hydrogens is 210 g/mol. The molecule has 2 N–H and O–H groups in total. The zero-order valence-corrected chi connectivity index (χ0v) is 9.56. The SMILES string of the molecule is Cc1cc(C)n(CC(=O)OC(C)C(N)=O)n1. The van der Waals surface area contributed by atoms with Crippen LogP contribution in [0.15, 0.2) is 6.07 Å². The minimum atomic E-state index is -0.913. The molecule has 0 radical (unpaired) electrons. The van der Waals surface area contributed by atoms with E-state index in [1.807, 2.05) is 19.9 Å². The van der Waals surface area contributed by atoms with Gasteiger partial charge in [-0.05, 0) is 26.8 Å². The van der Waals surface area contributed by atoms with Crippen LogP contribution in [0.25, 0.3) is 0 Å². The molecule has 0 saturated carbocycles. The van der Waals surface area contributed by atoms with E-state index in [1.165, 1.54) is 11.6 Å². The van der Waals surface area contributed by atoms with Crippen molar-refractivity contribution in [2.45, 2.75) is 33.4 Å². The highest BCUT2D eigenvalue weighted by atomic mass is 16.5. The molecule has 1 atom stereocenters. The van der Waals surface area contributed by atoms with Crippen molar-refractivity contribution in [2.75, 3.05) is 0 Å². The summed E-state index contributed by atoms with van der Waals surface area (Å²) in [6.07, 6.45) is -0.913. The summed E-state index contributed by atoms with van der Waals surface area (Å²) in [6, 6.07) is 1.85. The van der Waals surface area contributed by atoms with Crippen LogP contribution >= 0.6 is 0 Å². The van der Waals surface area contributed by atoms with Crippen LogP contribution < -0.4 is 5.73 Å². The topological polar surface area (TPSA) is 87.2 Å². The Hall–Kier alpha value is -1.85. The first-order chi connectivity index (χ1) is 7.40. The second kappa shape index (κ2) is 4.78. The Morgan fingerprint density at radius 3 is 2.62 bits per heavy atom. The van der Waals surface area contributed by atoms with Gasteiger partial charge in [0.15, 0.2) is 6.10 Å². The molecule has 0 fully saturated rings. The van der Waals surface area contributed by atoms with E-state index < -0.39 is 18.0 Å². The van der Waals surface area contributed by atoms with Crippen LogP contribution in [0, 0.1) is 13.8 Å². The van der Waals surface area contributed by atoms with Crippen molar-refractivity contribution in [3.8, 4) is 0 Å². The molecule has 1 aromatic heterocycles. The van der Waals surface area contributed by atoms with E-state index in [0.29, 0.717) is 0 Å². The highest BCUT2D eigenvalue weighted by Crippen LogP contribution is 2.02. The van der Waals surface area contributed by atoms with Gasteiger partial charge in [0.25, 0.3) is 5.91 Å². The van der Waals surface area contributed by atoms with E-state index in [-0.39, 0.29) is 6.54 Å². The van der Waals surface area contributed by atoms with Crippen LogP contribution in [0.2, 0.25) is 0 Å². The van der Waals surface area contributed by atoms with Gasteiger partial charge in [-0.1, -0.05) is 0 Å². The smallest absolute Gasteiger partial charge is 0.328 e. The number of nitrogens with zero attached hydrogens (tertiary/aromatic N) is 2. The van der Waals surface area contributed by atoms with Crippen LogP contribution in [0.5, 0.6) is 0 Å². The molecule has 1 amide bonds. The summed E-state index contributed by atoms with van der Waals surface area (Å²) in [5, 5.41) is 4.10. The number of ether oxygens (including phenoxy) is 1. The van der Waals surface area contributed by atoms with E-state index in [0.717, 1.165) is 11.4 Å². The summed E-state index contributed by atoms with van der Waals surface area (Å²) in [5.41, 5.74) is 6.66. The molecule has 1 aromatic rings. The standard InChI is InChI=1S/C10H15N3O3/c1-6-4-7(2)13(12-6)5-9(14)16-8(3)10(11)15/h4,8H,5H2,1-3H3,(H2,11,15). The van der Waals surface area contributed by atoms with Crippen LogP contribution in [0.4, 0.5) is 0 Å². The van der Waals surface area contributed by atoms with E-state index in [9.17, 15) is 9.59 Å². The van der Waals surface area contributed by atoms with Gasteiger partial charge in [0.05, 0.1) is 5.69 Å². The fourth-order valence-corrected chi connectivity index (χ4v) is 1.25. The molecule has 6 nitrogen and oxygen atoms in total. The van der Waals surface area contributed by atoms with Crippen molar-refractivity contribution in [3.63, 3.8) is 0 Å². The molecule has 0 aliphatic rings. The molecule has 1 rings (SSSR count). The second-order valence-electron chi connectivity index (χ2n) is 3.62. The van der Waals surface area contributed by atoms with Gasteiger partial charge in [-0.15, -0.1) is 0 Å². The summed E-state index contributed by atoms with van der Waals surface area (Å²) < 4.78 is 6.32. The summed E-state index contributed by atoms with van der Waals surface area (Å²) in [5.74, 6) is -1.20. The van der Waals surface area contributed by atoms with Crippen molar-refractivity contribution >= 4 is 11.9 Å². The molecule has 88 valence electrons. The number of rotatable bonds is 4. The van der Waals surface area contributed by atoms with Crippen LogP contribution in [-0.2, 0) is 20.9 Å². The monoisotopic (exact) mass is 225 g/mol. The first-order valence-electron chi connectivity index (χ1n) is 4.90. The van der Waals surface area contributed by atoms with Crippen LogP contribution in [-0.4, -0.2) is 27.8 Å².